The minimum Gasteiger partial charge on any atom is -0.333 e. The van der Waals surface area contributed by atoms with E-state index in [0.29, 0.717) is 0 Å². The first kappa shape index (κ1) is 11.6. The molecule has 4 nitrogen and oxygen atoms in total. The van der Waals surface area contributed by atoms with E-state index in [0.717, 1.165) is 26.2 Å². The van der Waals surface area contributed by atoms with Crippen molar-refractivity contribution in [3.63, 3.8) is 0 Å². The highest BCUT2D eigenvalue weighted by atomic mass is 15.2. The van der Waals surface area contributed by atoms with E-state index >= 15 is 0 Å². The van der Waals surface area contributed by atoms with Gasteiger partial charge >= 0.3 is 0 Å². The Morgan fingerprint density at radius 1 is 1.38 bits per heavy atom. The van der Waals surface area contributed by atoms with Crippen LogP contribution in [0.15, 0.2) is 12.4 Å². The fourth-order valence-corrected chi connectivity index (χ4v) is 2.18. The number of hydrogen-bond acceptors (Lipinski definition) is 3. The molecule has 90 valence electrons. The summed E-state index contributed by atoms with van der Waals surface area (Å²) in [4.78, 5) is 6.88. The van der Waals surface area contributed by atoms with Crippen molar-refractivity contribution in [2.24, 2.45) is 0 Å². The van der Waals surface area contributed by atoms with Crippen molar-refractivity contribution in [3.05, 3.63) is 18.2 Å². The number of unbranched alkanes of at least 4 members (excludes halogenated alkanes) is 1. The highest BCUT2D eigenvalue weighted by Crippen LogP contribution is 2.10. The van der Waals surface area contributed by atoms with Gasteiger partial charge in [0.05, 0.1) is 6.54 Å². The number of rotatable bonds is 6. The fraction of sp³-hybridized carbons (Fsp3) is 0.750. The summed E-state index contributed by atoms with van der Waals surface area (Å²) in [5, 5.41) is 3.36. The van der Waals surface area contributed by atoms with Crippen molar-refractivity contribution >= 4 is 0 Å². The van der Waals surface area contributed by atoms with E-state index in [4.69, 9.17) is 0 Å². The van der Waals surface area contributed by atoms with Gasteiger partial charge in [-0.3, -0.25) is 4.90 Å². The average Bonchev–Trinajstić information content (AvgIpc) is 2.76. The van der Waals surface area contributed by atoms with Crippen LogP contribution in [0.2, 0.25) is 0 Å². The first-order chi connectivity index (χ1) is 7.90. The first-order valence-corrected chi connectivity index (χ1v) is 6.33. The predicted octanol–water partition coefficient (Wildman–Crippen LogP) is 1.09. The zero-order chi connectivity index (χ0) is 11.2. The van der Waals surface area contributed by atoms with Crippen LogP contribution in [0.4, 0.5) is 0 Å². The van der Waals surface area contributed by atoms with Crippen molar-refractivity contribution < 1.29 is 0 Å². The van der Waals surface area contributed by atoms with Gasteiger partial charge in [-0.15, -0.1) is 0 Å². The van der Waals surface area contributed by atoms with Gasteiger partial charge in [0.15, 0.2) is 0 Å². The lowest BCUT2D eigenvalue weighted by Gasteiger charge is -2.27. The van der Waals surface area contributed by atoms with Crippen molar-refractivity contribution in [2.75, 3.05) is 26.2 Å². The average molecular weight is 222 g/mol. The largest absolute Gasteiger partial charge is 0.333 e. The lowest BCUT2D eigenvalue weighted by molar-refractivity contribution is 0.213. The minimum atomic E-state index is 1.02. The Labute approximate surface area is 97.7 Å². The van der Waals surface area contributed by atoms with Gasteiger partial charge in [-0.2, -0.15) is 0 Å². The van der Waals surface area contributed by atoms with E-state index in [1.165, 1.54) is 31.8 Å². The van der Waals surface area contributed by atoms with Crippen LogP contribution in [0, 0.1) is 0 Å². The smallest absolute Gasteiger partial charge is 0.122 e. The summed E-state index contributed by atoms with van der Waals surface area (Å²) in [5.41, 5.74) is 0. The summed E-state index contributed by atoms with van der Waals surface area (Å²) in [5.74, 6) is 1.22. The number of nitrogens with one attached hydrogen (secondary N) is 1. The fourth-order valence-electron chi connectivity index (χ4n) is 2.18. The van der Waals surface area contributed by atoms with Crippen LogP contribution in [-0.4, -0.2) is 40.6 Å². The van der Waals surface area contributed by atoms with Crippen molar-refractivity contribution in [1.82, 2.24) is 19.8 Å². The molecule has 0 unspecified atom stereocenters. The van der Waals surface area contributed by atoms with Gasteiger partial charge in [0.25, 0.3) is 0 Å². The zero-order valence-electron chi connectivity index (χ0n) is 10.2. The Balaban J connectivity index is 1.65. The van der Waals surface area contributed by atoms with Crippen molar-refractivity contribution in [1.29, 1.82) is 0 Å². The molecule has 1 aromatic rings. The molecule has 16 heavy (non-hydrogen) atoms. The van der Waals surface area contributed by atoms with Crippen LogP contribution < -0.4 is 5.32 Å². The summed E-state index contributed by atoms with van der Waals surface area (Å²) in [6.07, 6.45) is 6.55. The standard InChI is InChI=1S/C12H22N4/c1-2-13-5-3-4-7-15-9-10-16-8-6-14-12(16)11-15/h6,8,13H,2-5,7,9-11H2,1H3. The van der Waals surface area contributed by atoms with Crippen LogP contribution in [0.3, 0.4) is 0 Å². The quantitative estimate of drug-likeness (QED) is 0.731. The zero-order valence-corrected chi connectivity index (χ0v) is 10.2. The van der Waals surface area contributed by atoms with Gasteiger partial charge < -0.3 is 9.88 Å². The van der Waals surface area contributed by atoms with Crippen LogP contribution >= 0.6 is 0 Å². The Kier molecular flexibility index (Phi) is 4.36. The molecule has 1 aromatic heterocycles. The van der Waals surface area contributed by atoms with E-state index in [1.807, 2.05) is 6.20 Å². The van der Waals surface area contributed by atoms with Gasteiger partial charge in [-0.25, -0.2) is 4.98 Å². The normalized spacial score (nSPS) is 16.3. The molecular formula is C12H22N4. The number of fused-ring (bicyclic) bond motifs is 1. The molecule has 1 aliphatic rings. The lowest BCUT2D eigenvalue weighted by atomic mass is 10.2. The summed E-state index contributed by atoms with van der Waals surface area (Å²) >= 11 is 0. The second kappa shape index (κ2) is 6.01. The molecule has 0 atom stereocenters. The molecule has 0 saturated heterocycles. The molecule has 0 bridgehead atoms. The molecule has 0 radical (unpaired) electrons. The first-order valence-electron chi connectivity index (χ1n) is 6.33. The van der Waals surface area contributed by atoms with Gasteiger partial charge in [0.1, 0.15) is 5.82 Å². The molecule has 0 aromatic carbocycles. The lowest BCUT2D eigenvalue weighted by Crippen LogP contribution is -2.34. The molecule has 4 heteroatoms. The summed E-state index contributed by atoms with van der Waals surface area (Å²) in [6, 6.07) is 0. The molecular weight excluding hydrogens is 200 g/mol. The molecule has 2 heterocycles. The number of nitrogens with zero attached hydrogens (tertiary/aromatic N) is 3. The van der Waals surface area contributed by atoms with Gasteiger partial charge in [0, 0.05) is 25.5 Å². The SMILES string of the molecule is CCNCCCCN1CCn2ccnc2C1. The monoisotopic (exact) mass is 222 g/mol. The molecule has 1 N–H and O–H groups in total. The molecule has 0 aliphatic carbocycles. The summed E-state index contributed by atoms with van der Waals surface area (Å²) in [6.45, 7) is 8.89. The summed E-state index contributed by atoms with van der Waals surface area (Å²) < 4.78 is 2.26. The van der Waals surface area contributed by atoms with E-state index < -0.39 is 0 Å². The number of imidazole rings is 1. The van der Waals surface area contributed by atoms with Gasteiger partial charge in [0.2, 0.25) is 0 Å². The van der Waals surface area contributed by atoms with Crippen molar-refractivity contribution in [3.8, 4) is 0 Å². The second-order valence-corrected chi connectivity index (χ2v) is 4.37. The highest BCUT2D eigenvalue weighted by molar-refractivity contribution is 4.95. The van der Waals surface area contributed by atoms with E-state index in [-0.39, 0.29) is 0 Å². The van der Waals surface area contributed by atoms with E-state index in [9.17, 15) is 0 Å². The maximum absolute atomic E-state index is 4.37. The van der Waals surface area contributed by atoms with Crippen LogP contribution in [0.1, 0.15) is 25.6 Å². The highest BCUT2D eigenvalue weighted by Gasteiger charge is 2.15. The Bertz CT molecular complexity index is 308. The topological polar surface area (TPSA) is 33.1 Å². The predicted molar refractivity (Wildman–Crippen MR) is 65.3 cm³/mol. The third kappa shape index (κ3) is 3.06. The van der Waals surface area contributed by atoms with Crippen LogP contribution in [-0.2, 0) is 13.1 Å². The maximum Gasteiger partial charge on any atom is 0.122 e. The third-order valence-corrected chi connectivity index (χ3v) is 3.15. The van der Waals surface area contributed by atoms with Crippen LogP contribution in [0.5, 0.6) is 0 Å². The summed E-state index contributed by atoms with van der Waals surface area (Å²) in [7, 11) is 0. The van der Waals surface area contributed by atoms with E-state index in [2.05, 4.69) is 32.9 Å². The van der Waals surface area contributed by atoms with Gasteiger partial charge in [-0.05, 0) is 32.5 Å². The van der Waals surface area contributed by atoms with E-state index in [1.54, 1.807) is 0 Å². The third-order valence-electron chi connectivity index (χ3n) is 3.15. The molecule has 2 rings (SSSR count). The van der Waals surface area contributed by atoms with Crippen LogP contribution in [0.25, 0.3) is 0 Å². The minimum absolute atomic E-state index is 1.02. The maximum atomic E-state index is 4.37. The Morgan fingerprint density at radius 2 is 2.31 bits per heavy atom. The molecule has 0 spiro atoms. The van der Waals surface area contributed by atoms with Gasteiger partial charge in [-0.1, -0.05) is 6.92 Å². The second-order valence-electron chi connectivity index (χ2n) is 4.37. The van der Waals surface area contributed by atoms with Crippen molar-refractivity contribution in [2.45, 2.75) is 32.9 Å². The number of hydrogen-bond donors (Lipinski definition) is 1. The Hall–Kier alpha value is -0.870. The molecule has 0 amide bonds. The Morgan fingerprint density at radius 3 is 3.19 bits per heavy atom. The molecule has 0 saturated carbocycles. The number of aromatic nitrogens is 2. The molecule has 1 aliphatic heterocycles. The molecule has 0 fully saturated rings.